The van der Waals surface area contributed by atoms with Gasteiger partial charge >= 0.3 is 0 Å². The molecule has 6 nitrogen and oxygen atoms in total. The van der Waals surface area contributed by atoms with Crippen molar-refractivity contribution in [3.05, 3.63) is 116 Å². The minimum atomic E-state index is -0.768. The fourth-order valence-corrected chi connectivity index (χ4v) is 3.64. The van der Waals surface area contributed by atoms with Crippen molar-refractivity contribution in [2.24, 2.45) is 5.73 Å². The van der Waals surface area contributed by atoms with Crippen molar-refractivity contribution in [2.75, 3.05) is 0 Å². The van der Waals surface area contributed by atoms with Crippen molar-refractivity contribution >= 4 is 5.91 Å². The molecule has 0 aliphatic carbocycles. The summed E-state index contributed by atoms with van der Waals surface area (Å²) in [6, 6.07) is 8.74. The SMILES string of the molecule is C=CC1=C(C=C)N(C(=O)[C@@H](N)C/C=C/C=C(/O)C=C)[C@H](c2nc(-c3ccccc3)c[nH]2)C1. The van der Waals surface area contributed by atoms with Crippen LogP contribution in [0.4, 0.5) is 0 Å². The number of nitrogens with two attached hydrogens (primary N) is 1. The second-order valence-corrected chi connectivity index (χ2v) is 7.35. The van der Waals surface area contributed by atoms with Crippen molar-refractivity contribution in [1.29, 1.82) is 0 Å². The number of allylic oxidation sites excluding steroid dienone is 5. The van der Waals surface area contributed by atoms with Gasteiger partial charge in [0.1, 0.15) is 11.6 Å². The molecular weight excluding hydrogens is 400 g/mol. The van der Waals surface area contributed by atoms with Gasteiger partial charge in [0.25, 0.3) is 0 Å². The molecule has 0 fully saturated rings. The number of aromatic nitrogens is 2. The van der Waals surface area contributed by atoms with Crippen molar-refractivity contribution in [2.45, 2.75) is 24.9 Å². The normalized spacial score (nSPS) is 17.6. The van der Waals surface area contributed by atoms with E-state index in [-0.39, 0.29) is 17.7 Å². The lowest BCUT2D eigenvalue weighted by molar-refractivity contribution is -0.132. The Morgan fingerprint density at radius 3 is 2.69 bits per heavy atom. The molecule has 1 aliphatic heterocycles. The molecule has 0 bridgehead atoms. The van der Waals surface area contributed by atoms with Crippen LogP contribution in [0.5, 0.6) is 0 Å². The fraction of sp³-hybridized carbons (Fsp3) is 0.154. The molecule has 6 heteroatoms. The summed E-state index contributed by atoms with van der Waals surface area (Å²) in [6.07, 6.45) is 12.3. The van der Waals surface area contributed by atoms with E-state index >= 15 is 0 Å². The minimum Gasteiger partial charge on any atom is -0.508 e. The Bertz CT molecular complexity index is 1090. The maximum absolute atomic E-state index is 13.3. The molecule has 1 amide bonds. The Labute approximate surface area is 188 Å². The van der Waals surface area contributed by atoms with Crippen LogP contribution in [0.1, 0.15) is 24.7 Å². The van der Waals surface area contributed by atoms with E-state index in [1.165, 1.54) is 12.2 Å². The molecule has 2 aromatic rings. The summed E-state index contributed by atoms with van der Waals surface area (Å²) in [5.41, 5.74) is 9.63. The van der Waals surface area contributed by atoms with Crippen molar-refractivity contribution in [3.63, 3.8) is 0 Å². The van der Waals surface area contributed by atoms with Gasteiger partial charge in [-0.15, -0.1) is 0 Å². The number of imidazole rings is 1. The van der Waals surface area contributed by atoms with Crippen LogP contribution in [0.2, 0.25) is 0 Å². The van der Waals surface area contributed by atoms with Gasteiger partial charge in [-0.1, -0.05) is 68.3 Å². The summed E-state index contributed by atoms with van der Waals surface area (Å²) in [5, 5.41) is 9.42. The molecule has 1 aromatic heterocycles. The number of carbonyl (C=O) groups is 1. The van der Waals surface area contributed by atoms with Gasteiger partial charge in [-0.05, 0) is 30.2 Å². The highest BCUT2D eigenvalue weighted by atomic mass is 16.3. The van der Waals surface area contributed by atoms with E-state index in [0.717, 1.165) is 16.8 Å². The molecule has 164 valence electrons. The van der Waals surface area contributed by atoms with Gasteiger partial charge in [0.15, 0.2) is 0 Å². The van der Waals surface area contributed by atoms with Gasteiger partial charge in [-0.2, -0.15) is 0 Å². The number of nitrogens with zero attached hydrogens (tertiary/aromatic N) is 2. The number of aromatic amines is 1. The molecule has 0 saturated carbocycles. The maximum Gasteiger partial charge on any atom is 0.244 e. The second-order valence-electron chi connectivity index (χ2n) is 7.35. The van der Waals surface area contributed by atoms with Gasteiger partial charge in [0, 0.05) is 23.9 Å². The number of rotatable bonds is 9. The van der Waals surface area contributed by atoms with E-state index in [9.17, 15) is 9.90 Å². The molecule has 3 rings (SSSR count). The third-order valence-electron chi connectivity index (χ3n) is 5.29. The molecule has 32 heavy (non-hydrogen) atoms. The zero-order valence-electron chi connectivity index (χ0n) is 17.9. The zero-order valence-corrected chi connectivity index (χ0v) is 17.9. The molecule has 0 radical (unpaired) electrons. The van der Waals surface area contributed by atoms with Gasteiger partial charge in [0.2, 0.25) is 5.91 Å². The summed E-state index contributed by atoms with van der Waals surface area (Å²) in [6.45, 7) is 11.3. The highest BCUT2D eigenvalue weighted by Crippen LogP contribution is 2.40. The van der Waals surface area contributed by atoms with E-state index in [0.29, 0.717) is 24.4 Å². The molecule has 4 N–H and O–H groups in total. The molecule has 0 saturated heterocycles. The zero-order chi connectivity index (χ0) is 23.1. The molecule has 1 aliphatic rings. The summed E-state index contributed by atoms with van der Waals surface area (Å²) in [7, 11) is 0. The van der Waals surface area contributed by atoms with Crippen molar-refractivity contribution in [3.8, 4) is 11.3 Å². The number of aliphatic hydroxyl groups is 1. The first-order valence-corrected chi connectivity index (χ1v) is 10.4. The molecule has 2 heterocycles. The second kappa shape index (κ2) is 10.4. The smallest absolute Gasteiger partial charge is 0.244 e. The molecule has 2 atom stereocenters. The molecule has 0 spiro atoms. The van der Waals surface area contributed by atoms with E-state index in [4.69, 9.17) is 10.7 Å². The number of benzene rings is 1. The van der Waals surface area contributed by atoms with Crippen molar-refractivity contribution in [1.82, 2.24) is 14.9 Å². The van der Waals surface area contributed by atoms with E-state index in [2.05, 4.69) is 24.7 Å². The van der Waals surface area contributed by atoms with Crippen LogP contribution in [-0.2, 0) is 4.79 Å². The Hall–Kier alpha value is -3.90. The van der Waals surface area contributed by atoms with Gasteiger partial charge in [0.05, 0.1) is 17.8 Å². The highest BCUT2D eigenvalue weighted by molar-refractivity contribution is 5.85. The van der Waals surface area contributed by atoms with Crippen LogP contribution < -0.4 is 5.73 Å². The third kappa shape index (κ3) is 4.87. The van der Waals surface area contributed by atoms with Crippen LogP contribution in [0.25, 0.3) is 11.3 Å². The molecule has 0 unspecified atom stereocenters. The number of carbonyl (C=O) groups excluding carboxylic acids is 1. The number of nitrogens with one attached hydrogen (secondary N) is 1. The van der Waals surface area contributed by atoms with Crippen LogP contribution >= 0.6 is 0 Å². The first-order valence-electron chi connectivity index (χ1n) is 10.4. The van der Waals surface area contributed by atoms with Crippen LogP contribution in [0.3, 0.4) is 0 Å². The van der Waals surface area contributed by atoms with Crippen LogP contribution in [0.15, 0.2) is 110 Å². The summed E-state index contributed by atoms with van der Waals surface area (Å²) in [5.74, 6) is 0.483. The first kappa shape index (κ1) is 22.8. The first-order chi connectivity index (χ1) is 15.5. The largest absolute Gasteiger partial charge is 0.508 e. The predicted molar refractivity (Wildman–Crippen MR) is 128 cm³/mol. The highest BCUT2D eigenvalue weighted by Gasteiger charge is 2.38. The number of hydrogen-bond acceptors (Lipinski definition) is 4. The Morgan fingerprint density at radius 2 is 2.03 bits per heavy atom. The lowest BCUT2D eigenvalue weighted by Crippen LogP contribution is -2.43. The van der Waals surface area contributed by atoms with E-state index in [1.54, 1.807) is 29.2 Å². The van der Waals surface area contributed by atoms with Crippen LogP contribution in [-0.4, -0.2) is 31.9 Å². The molecular formula is C26H28N4O2. The van der Waals surface area contributed by atoms with Crippen LogP contribution in [0, 0.1) is 0 Å². The quantitative estimate of drug-likeness (QED) is 0.392. The molecule has 1 aromatic carbocycles. The third-order valence-corrected chi connectivity index (χ3v) is 5.29. The minimum absolute atomic E-state index is 0.0419. The fourth-order valence-electron chi connectivity index (χ4n) is 3.64. The average Bonchev–Trinajstić information content (AvgIpc) is 3.46. The Kier molecular flexibility index (Phi) is 7.41. The number of hydrogen-bond donors (Lipinski definition) is 3. The standard InChI is InChI=1S/C26H28N4O2/c1-4-18-16-24(25-28-17-22(29-25)19-12-8-7-9-13-19)30(23(18)6-3)26(32)21(27)15-11-10-14-20(31)5-2/h4-14,17,21,24,31H,1-3,15-16,27H2,(H,28,29)/b11-10+,20-14+/t21-,24-/m0/s1. The Morgan fingerprint density at radius 1 is 1.28 bits per heavy atom. The van der Waals surface area contributed by atoms with Crippen molar-refractivity contribution < 1.29 is 9.90 Å². The van der Waals surface area contributed by atoms with Gasteiger partial charge < -0.3 is 15.8 Å². The summed E-state index contributed by atoms with van der Waals surface area (Å²) in [4.78, 5) is 23.0. The average molecular weight is 429 g/mol. The summed E-state index contributed by atoms with van der Waals surface area (Å²) >= 11 is 0. The monoisotopic (exact) mass is 428 g/mol. The summed E-state index contributed by atoms with van der Waals surface area (Å²) < 4.78 is 0. The Balaban J connectivity index is 1.86. The topological polar surface area (TPSA) is 95.2 Å². The maximum atomic E-state index is 13.3. The lowest BCUT2D eigenvalue weighted by atomic mass is 10.1. The van der Waals surface area contributed by atoms with Gasteiger partial charge in [-0.25, -0.2) is 4.98 Å². The van der Waals surface area contributed by atoms with E-state index < -0.39 is 6.04 Å². The van der Waals surface area contributed by atoms with Gasteiger partial charge in [-0.3, -0.25) is 9.69 Å². The lowest BCUT2D eigenvalue weighted by Gasteiger charge is -2.28. The predicted octanol–water partition coefficient (Wildman–Crippen LogP) is 4.88. The number of amides is 1. The van der Waals surface area contributed by atoms with E-state index in [1.807, 2.05) is 36.5 Å². The number of H-pyrrole nitrogens is 1. The number of aliphatic hydroxyl groups excluding tert-OH is 1.